The molecule has 0 spiro atoms. The van der Waals surface area contributed by atoms with Crippen molar-refractivity contribution < 1.29 is 17.9 Å². The monoisotopic (exact) mass is 460 g/mol. The van der Waals surface area contributed by atoms with Crippen molar-refractivity contribution in [1.29, 1.82) is 0 Å². The summed E-state index contributed by atoms with van der Waals surface area (Å²) in [7, 11) is 1.58. The van der Waals surface area contributed by atoms with Gasteiger partial charge in [-0.1, -0.05) is 42.5 Å². The molecule has 7 nitrogen and oxygen atoms in total. The summed E-state index contributed by atoms with van der Waals surface area (Å²) in [5.74, 6) is 0.517. The van der Waals surface area contributed by atoms with E-state index in [0.717, 1.165) is 25.7 Å². The molecular formula is C23H27F3N6O. The van der Waals surface area contributed by atoms with Gasteiger partial charge in [-0.3, -0.25) is 9.80 Å². The minimum atomic E-state index is -4.42. The van der Waals surface area contributed by atoms with Crippen molar-refractivity contribution in [2.75, 3.05) is 39.9 Å². The van der Waals surface area contributed by atoms with Gasteiger partial charge in [0.15, 0.2) is 5.82 Å². The number of hydrogen-bond donors (Lipinski definition) is 0. The van der Waals surface area contributed by atoms with E-state index in [-0.39, 0.29) is 0 Å². The first-order chi connectivity index (χ1) is 16.0. The second-order valence-electron chi connectivity index (χ2n) is 8.08. The Labute approximate surface area is 190 Å². The number of rotatable bonds is 8. The number of aromatic nitrogens is 4. The maximum atomic E-state index is 13.4. The van der Waals surface area contributed by atoms with Crippen molar-refractivity contribution in [2.24, 2.45) is 0 Å². The van der Waals surface area contributed by atoms with Gasteiger partial charge in [0.2, 0.25) is 0 Å². The van der Waals surface area contributed by atoms with Gasteiger partial charge in [0.05, 0.1) is 24.8 Å². The van der Waals surface area contributed by atoms with E-state index in [1.165, 1.54) is 17.7 Å². The fraction of sp³-hybridized carbons (Fsp3) is 0.435. The van der Waals surface area contributed by atoms with Crippen molar-refractivity contribution in [3.63, 3.8) is 0 Å². The molecule has 0 N–H and O–H groups in total. The van der Waals surface area contributed by atoms with E-state index < -0.39 is 17.8 Å². The summed E-state index contributed by atoms with van der Waals surface area (Å²) in [6.45, 7) is 4.62. The summed E-state index contributed by atoms with van der Waals surface area (Å²) in [6, 6.07) is 15.2. The lowest BCUT2D eigenvalue weighted by Gasteiger charge is -2.39. The SMILES string of the molecule is COCCn1nnnc1[C@@H](c1cccc(C(F)(F)F)c1)N1CCN(Cc2ccccc2)CC1. The maximum Gasteiger partial charge on any atom is 0.416 e. The normalized spacial score (nSPS) is 16.7. The predicted octanol–water partition coefficient (Wildman–Crippen LogP) is 3.25. The highest BCUT2D eigenvalue weighted by Gasteiger charge is 2.34. The number of tetrazole rings is 1. The van der Waals surface area contributed by atoms with Crippen molar-refractivity contribution in [2.45, 2.75) is 25.3 Å². The van der Waals surface area contributed by atoms with E-state index in [2.05, 4.69) is 37.5 Å². The first-order valence-corrected chi connectivity index (χ1v) is 10.9. The van der Waals surface area contributed by atoms with Crippen LogP contribution in [0.5, 0.6) is 0 Å². The molecule has 1 saturated heterocycles. The molecule has 0 bridgehead atoms. The minimum absolute atomic E-state index is 0.401. The summed E-state index contributed by atoms with van der Waals surface area (Å²) >= 11 is 0. The quantitative estimate of drug-likeness (QED) is 0.515. The molecule has 4 rings (SSSR count). The summed E-state index contributed by atoms with van der Waals surface area (Å²) in [5.41, 5.74) is 1.09. The van der Waals surface area contributed by atoms with Crippen LogP contribution in [0.2, 0.25) is 0 Å². The molecule has 176 valence electrons. The highest BCUT2D eigenvalue weighted by molar-refractivity contribution is 5.31. The molecule has 10 heteroatoms. The molecule has 33 heavy (non-hydrogen) atoms. The molecule has 1 aromatic heterocycles. The molecule has 2 aromatic carbocycles. The fourth-order valence-corrected chi connectivity index (χ4v) is 4.17. The topological polar surface area (TPSA) is 59.3 Å². The highest BCUT2D eigenvalue weighted by Crippen LogP contribution is 2.34. The van der Waals surface area contributed by atoms with Crippen LogP contribution in [-0.2, 0) is 24.0 Å². The van der Waals surface area contributed by atoms with Crippen molar-refractivity contribution in [3.8, 4) is 0 Å². The van der Waals surface area contributed by atoms with E-state index >= 15 is 0 Å². The van der Waals surface area contributed by atoms with E-state index in [9.17, 15) is 13.2 Å². The molecule has 0 amide bonds. The third kappa shape index (κ3) is 5.76. The van der Waals surface area contributed by atoms with Crippen LogP contribution in [0.3, 0.4) is 0 Å². The van der Waals surface area contributed by atoms with Crippen LogP contribution in [0.25, 0.3) is 0 Å². The number of piperazine rings is 1. The zero-order chi connectivity index (χ0) is 23.3. The number of benzene rings is 2. The second kappa shape index (κ2) is 10.4. The fourth-order valence-electron chi connectivity index (χ4n) is 4.17. The summed E-state index contributed by atoms with van der Waals surface area (Å²) in [5, 5.41) is 12.1. The minimum Gasteiger partial charge on any atom is -0.383 e. The number of alkyl halides is 3. The van der Waals surface area contributed by atoms with Crippen LogP contribution in [0, 0.1) is 0 Å². The third-order valence-electron chi connectivity index (χ3n) is 5.86. The van der Waals surface area contributed by atoms with Gasteiger partial charge in [-0.25, -0.2) is 4.68 Å². The Morgan fingerprint density at radius 1 is 1.00 bits per heavy atom. The molecule has 0 unspecified atom stereocenters. The van der Waals surface area contributed by atoms with Gasteiger partial charge >= 0.3 is 6.18 Å². The van der Waals surface area contributed by atoms with Gasteiger partial charge < -0.3 is 4.74 Å². The Bertz CT molecular complexity index is 1020. The van der Waals surface area contributed by atoms with Gasteiger partial charge in [0, 0.05) is 39.8 Å². The van der Waals surface area contributed by atoms with Gasteiger partial charge in [0.25, 0.3) is 0 Å². The van der Waals surface area contributed by atoms with Gasteiger partial charge in [-0.05, 0) is 33.7 Å². The van der Waals surface area contributed by atoms with Gasteiger partial charge in [-0.15, -0.1) is 5.10 Å². The molecule has 1 aliphatic rings. The Morgan fingerprint density at radius 3 is 2.45 bits per heavy atom. The zero-order valence-corrected chi connectivity index (χ0v) is 18.4. The summed E-state index contributed by atoms with van der Waals surface area (Å²) < 4.78 is 47.1. The van der Waals surface area contributed by atoms with Crippen molar-refractivity contribution in [3.05, 3.63) is 77.1 Å². The molecular weight excluding hydrogens is 433 g/mol. The average molecular weight is 461 g/mol. The van der Waals surface area contributed by atoms with Crippen LogP contribution in [0.15, 0.2) is 54.6 Å². The van der Waals surface area contributed by atoms with Crippen LogP contribution < -0.4 is 0 Å². The van der Waals surface area contributed by atoms with E-state index in [0.29, 0.717) is 37.6 Å². The zero-order valence-electron chi connectivity index (χ0n) is 18.4. The Balaban J connectivity index is 1.59. The first kappa shape index (κ1) is 23.3. The molecule has 1 aliphatic heterocycles. The lowest BCUT2D eigenvalue weighted by Crippen LogP contribution is -2.48. The second-order valence-corrected chi connectivity index (χ2v) is 8.08. The van der Waals surface area contributed by atoms with Crippen molar-refractivity contribution in [1.82, 2.24) is 30.0 Å². The molecule has 0 aliphatic carbocycles. The Hall–Kier alpha value is -2.82. The number of ether oxygens (including phenoxy) is 1. The summed E-state index contributed by atoms with van der Waals surface area (Å²) in [4.78, 5) is 4.51. The van der Waals surface area contributed by atoms with E-state index in [1.54, 1.807) is 17.9 Å². The molecule has 3 aromatic rings. The number of halogens is 3. The van der Waals surface area contributed by atoms with E-state index in [1.807, 2.05) is 18.2 Å². The Kier molecular flexibility index (Phi) is 7.36. The van der Waals surface area contributed by atoms with Crippen LogP contribution in [0.4, 0.5) is 13.2 Å². The lowest BCUT2D eigenvalue weighted by atomic mass is 10.0. The van der Waals surface area contributed by atoms with Gasteiger partial charge in [-0.2, -0.15) is 13.2 Å². The van der Waals surface area contributed by atoms with Crippen LogP contribution in [0.1, 0.15) is 28.6 Å². The molecule has 0 saturated carbocycles. The third-order valence-corrected chi connectivity index (χ3v) is 5.86. The smallest absolute Gasteiger partial charge is 0.383 e. The van der Waals surface area contributed by atoms with Crippen LogP contribution >= 0.6 is 0 Å². The highest BCUT2D eigenvalue weighted by atomic mass is 19.4. The standard InChI is InChI=1S/C23H27F3N6O/c1-33-15-14-32-22(27-28-29-32)21(19-8-5-9-20(16-19)23(24,25)26)31-12-10-30(11-13-31)17-18-6-3-2-4-7-18/h2-9,16,21H,10-15,17H2,1H3/t21-/m1/s1. The molecule has 1 fully saturated rings. The molecule has 2 heterocycles. The largest absolute Gasteiger partial charge is 0.416 e. The number of hydrogen-bond acceptors (Lipinski definition) is 6. The lowest BCUT2D eigenvalue weighted by molar-refractivity contribution is -0.137. The van der Waals surface area contributed by atoms with Crippen molar-refractivity contribution >= 4 is 0 Å². The van der Waals surface area contributed by atoms with E-state index in [4.69, 9.17) is 4.74 Å². The maximum absolute atomic E-state index is 13.4. The predicted molar refractivity (Wildman–Crippen MR) is 116 cm³/mol. The first-order valence-electron chi connectivity index (χ1n) is 10.9. The number of methoxy groups -OCH3 is 1. The molecule has 0 radical (unpaired) electrons. The average Bonchev–Trinajstić information content (AvgIpc) is 3.27. The van der Waals surface area contributed by atoms with Crippen LogP contribution in [-0.4, -0.2) is 69.9 Å². The number of nitrogens with zero attached hydrogens (tertiary/aromatic N) is 6. The van der Waals surface area contributed by atoms with Gasteiger partial charge in [0.1, 0.15) is 0 Å². The summed E-state index contributed by atoms with van der Waals surface area (Å²) in [6.07, 6.45) is -4.42. The molecule has 1 atom stereocenters. The Morgan fingerprint density at radius 2 is 1.76 bits per heavy atom.